The molecule has 3 heterocycles. The summed E-state index contributed by atoms with van der Waals surface area (Å²) in [5.41, 5.74) is 7.70. The highest BCUT2D eigenvalue weighted by molar-refractivity contribution is 5.90. The van der Waals surface area contributed by atoms with Crippen molar-refractivity contribution < 1.29 is 18.6 Å². The second-order valence-corrected chi connectivity index (χ2v) is 5.94. The molecule has 138 valence electrons. The highest BCUT2D eigenvalue weighted by atomic mass is 16.6. The summed E-state index contributed by atoms with van der Waals surface area (Å²) in [4.78, 5) is 26.3. The number of rotatable bonds is 5. The Hall–Kier alpha value is -4.20. The Morgan fingerprint density at radius 2 is 1.71 bits per heavy atom. The van der Waals surface area contributed by atoms with Gasteiger partial charge in [0.15, 0.2) is 11.5 Å². The molecule has 4 aromatic rings. The maximum Gasteiger partial charge on any atom is 0.284 e. The molecular weight excluding hydrogens is 362 g/mol. The van der Waals surface area contributed by atoms with Gasteiger partial charge in [-0.3, -0.25) is 14.9 Å². The Labute approximate surface area is 158 Å². The molecule has 0 fully saturated rings. The molecule has 8 nitrogen and oxygen atoms in total. The molecule has 0 atom stereocenters. The van der Waals surface area contributed by atoms with Gasteiger partial charge in [0, 0.05) is 23.3 Å². The molecule has 28 heavy (non-hydrogen) atoms. The van der Waals surface area contributed by atoms with Crippen LogP contribution >= 0.6 is 0 Å². The van der Waals surface area contributed by atoms with E-state index in [4.69, 9.17) is 14.6 Å². The van der Waals surface area contributed by atoms with Gasteiger partial charge in [0.2, 0.25) is 0 Å². The summed E-state index contributed by atoms with van der Waals surface area (Å²) in [6.45, 7) is 0. The van der Waals surface area contributed by atoms with E-state index in [0.29, 0.717) is 34.0 Å². The van der Waals surface area contributed by atoms with Gasteiger partial charge in [-0.15, -0.1) is 0 Å². The van der Waals surface area contributed by atoms with E-state index in [9.17, 15) is 14.9 Å². The first-order valence-electron chi connectivity index (χ1n) is 8.22. The van der Waals surface area contributed by atoms with Crippen LogP contribution in [0.3, 0.4) is 0 Å². The number of nitrogens with two attached hydrogens (primary N) is 1. The lowest BCUT2D eigenvalue weighted by atomic mass is 10.1. The second-order valence-electron chi connectivity index (χ2n) is 5.94. The van der Waals surface area contributed by atoms with E-state index in [0.717, 1.165) is 0 Å². The SMILES string of the molecule is NC(=O)c1ccc(-c2cc(-c3ccc([N+](=O)[O-])cc3)nc(-c3ccco3)c2)o1. The number of carbonyl (C=O) groups excluding carboxylic acids is 1. The van der Waals surface area contributed by atoms with Crippen molar-refractivity contribution in [1.29, 1.82) is 0 Å². The van der Waals surface area contributed by atoms with Gasteiger partial charge in [0.05, 0.1) is 16.9 Å². The lowest BCUT2D eigenvalue weighted by Gasteiger charge is -2.07. The zero-order chi connectivity index (χ0) is 19.7. The standard InChI is InChI=1S/C20H13N3O5/c21-20(24)19-8-7-17(28-19)13-10-15(12-3-5-14(6-4-12)23(25)26)22-16(11-13)18-2-1-9-27-18/h1-11H,(H2,21,24). The third-order valence-corrected chi connectivity index (χ3v) is 4.11. The van der Waals surface area contributed by atoms with Crippen molar-refractivity contribution in [3.63, 3.8) is 0 Å². The van der Waals surface area contributed by atoms with E-state index in [1.165, 1.54) is 24.5 Å². The first kappa shape index (κ1) is 17.2. The van der Waals surface area contributed by atoms with E-state index >= 15 is 0 Å². The molecule has 0 saturated carbocycles. The van der Waals surface area contributed by atoms with Gasteiger partial charge in [-0.1, -0.05) is 0 Å². The van der Waals surface area contributed by atoms with Crippen LogP contribution in [0, 0.1) is 10.1 Å². The molecule has 0 saturated heterocycles. The average molecular weight is 375 g/mol. The maximum atomic E-state index is 11.3. The molecule has 0 bridgehead atoms. The van der Waals surface area contributed by atoms with E-state index in [-0.39, 0.29) is 11.4 Å². The van der Waals surface area contributed by atoms with Gasteiger partial charge in [0.1, 0.15) is 11.5 Å². The average Bonchev–Trinajstić information content (AvgIpc) is 3.40. The summed E-state index contributed by atoms with van der Waals surface area (Å²) >= 11 is 0. The molecule has 0 aliphatic rings. The molecule has 0 spiro atoms. The first-order valence-corrected chi connectivity index (χ1v) is 8.22. The molecule has 3 aromatic heterocycles. The third-order valence-electron chi connectivity index (χ3n) is 4.11. The van der Waals surface area contributed by atoms with Crippen LogP contribution in [0.2, 0.25) is 0 Å². The van der Waals surface area contributed by atoms with Crippen molar-refractivity contribution in [3.05, 3.63) is 82.8 Å². The van der Waals surface area contributed by atoms with Gasteiger partial charge in [-0.05, 0) is 48.5 Å². The predicted octanol–water partition coefficient (Wildman–Crippen LogP) is 4.28. The zero-order valence-corrected chi connectivity index (χ0v) is 14.4. The fourth-order valence-corrected chi connectivity index (χ4v) is 2.75. The van der Waals surface area contributed by atoms with E-state index < -0.39 is 10.8 Å². The molecule has 0 aliphatic heterocycles. The Morgan fingerprint density at radius 1 is 0.964 bits per heavy atom. The van der Waals surface area contributed by atoms with E-state index in [2.05, 4.69) is 4.98 Å². The van der Waals surface area contributed by atoms with Gasteiger partial charge >= 0.3 is 0 Å². The summed E-state index contributed by atoms with van der Waals surface area (Å²) < 4.78 is 11.0. The van der Waals surface area contributed by atoms with Crippen molar-refractivity contribution in [2.24, 2.45) is 5.73 Å². The van der Waals surface area contributed by atoms with Crippen LogP contribution in [0.1, 0.15) is 10.6 Å². The minimum absolute atomic E-state index is 0.0108. The number of non-ortho nitro benzene ring substituents is 1. The second kappa shape index (κ2) is 6.84. The first-order chi connectivity index (χ1) is 13.5. The molecule has 1 amide bonds. The Kier molecular flexibility index (Phi) is 4.21. The minimum atomic E-state index is -0.665. The number of aromatic nitrogens is 1. The zero-order valence-electron chi connectivity index (χ0n) is 14.4. The number of nitro groups is 1. The number of hydrogen-bond acceptors (Lipinski definition) is 6. The van der Waals surface area contributed by atoms with Crippen LogP contribution < -0.4 is 5.73 Å². The highest BCUT2D eigenvalue weighted by Gasteiger charge is 2.15. The summed E-state index contributed by atoms with van der Waals surface area (Å²) in [7, 11) is 0. The molecule has 2 N–H and O–H groups in total. The normalized spacial score (nSPS) is 10.7. The molecule has 0 radical (unpaired) electrons. The summed E-state index contributed by atoms with van der Waals surface area (Å²) in [6.07, 6.45) is 1.54. The Bertz CT molecular complexity index is 1160. The number of furan rings is 2. The fraction of sp³-hybridized carbons (Fsp3) is 0. The summed E-state index contributed by atoms with van der Waals surface area (Å²) in [5.74, 6) is 0.365. The number of primary amides is 1. The number of nitro benzene ring substituents is 1. The molecule has 4 rings (SSSR count). The van der Waals surface area contributed by atoms with Gasteiger partial charge in [-0.25, -0.2) is 4.98 Å². The van der Waals surface area contributed by atoms with Crippen molar-refractivity contribution >= 4 is 11.6 Å². The number of nitrogens with zero attached hydrogens (tertiary/aromatic N) is 2. The molecular formula is C20H13N3O5. The summed E-state index contributed by atoms with van der Waals surface area (Å²) in [5, 5.41) is 10.9. The van der Waals surface area contributed by atoms with Crippen molar-refractivity contribution in [2.75, 3.05) is 0 Å². The minimum Gasteiger partial charge on any atom is -0.463 e. The van der Waals surface area contributed by atoms with Gasteiger partial charge < -0.3 is 14.6 Å². The monoisotopic (exact) mass is 375 g/mol. The van der Waals surface area contributed by atoms with Crippen LogP contribution in [-0.2, 0) is 0 Å². The largest absolute Gasteiger partial charge is 0.463 e. The maximum absolute atomic E-state index is 11.3. The topological polar surface area (TPSA) is 125 Å². The van der Waals surface area contributed by atoms with E-state index in [1.54, 1.807) is 42.5 Å². The fourth-order valence-electron chi connectivity index (χ4n) is 2.75. The van der Waals surface area contributed by atoms with Crippen molar-refractivity contribution in [3.8, 4) is 34.0 Å². The number of pyridine rings is 1. The van der Waals surface area contributed by atoms with Crippen LogP contribution in [-0.4, -0.2) is 15.8 Å². The van der Waals surface area contributed by atoms with Crippen LogP contribution in [0.15, 0.2) is 75.8 Å². The van der Waals surface area contributed by atoms with Gasteiger partial charge in [-0.2, -0.15) is 0 Å². The highest BCUT2D eigenvalue weighted by Crippen LogP contribution is 2.31. The van der Waals surface area contributed by atoms with Crippen molar-refractivity contribution in [1.82, 2.24) is 4.98 Å². The summed E-state index contributed by atoms with van der Waals surface area (Å²) in [6, 6.07) is 16.2. The molecule has 1 aromatic carbocycles. The smallest absolute Gasteiger partial charge is 0.284 e. The van der Waals surface area contributed by atoms with Crippen LogP contribution in [0.5, 0.6) is 0 Å². The lowest BCUT2D eigenvalue weighted by Crippen LogP contribution is -2.09. The van der Waals surface area contributed by atoms with E-state index in [1.807, 2.05) is 0 Å². The molecule has 8 heteroatoms. The van der Waals surface area contributed by atoms with Crippen LogP contribution in [0.25, 0.3) is 34.0 Å². The number of carbonyl (C=O) groups is 1. The van der Waals surface area contributed by atoms with Gasteiger partial charge in [0.25, 0.3) is 11.6 Å². The Morgan fingerprint density at radius 3 is 2.32 bits per heavy atom. The Balaban J connectivity index is 1.84. The predicted molar refractivity (Wildman–Crippen MR) is 100 cm³/mol. The molecule has 0 aliphatic carbocycles. The molecule has 0 unspecified atom stereocenters. The number of benzene rings is 1. The third kappa shape index (κ3) is 3.26. The van der Waals surface area contributed by atoms with Crippen molar-refractivity contribution in [2.45, 2.75) is 0 Å². The number of hydrogen-bond donors (Lipinski definition) is 1. The van der Waals surface area contributed by atoms with Crippen LogP contribution in [0.4, 0.5) is 5.69 Å². The number of amides is 1. The lowest BCUT2D eigenvalue weighted by molar-refractivity contribution is -0.384. The quantitative estimate of drug-likeness (QED) is 0.410.